The van der Waals surface area contributed by atoms with Gasteiger partial charge in [-0.15, -0.1) is 0 Å². The first kappa shape index (κ1) is 17.0. The highest BCUT2D eigenvalue weighted by Crippen LogP contribution is 2.15. The second-order valence-corrected chi connectivity index (χ2v) is 6.16. The van der Waals surface area contributed by atoms with Crippen LogP contribution in [-0.2, 0) is 6.54 Å². The Morgan fingerprint density at radius 1 is 1.08 bits per heavy atom. The molecule has 0 saturated carbocycles. The van der Waals surface area contributed by atoms with E-state index in [0.717, 1.165) is 42.0 Å². The van der Waals surface area contributed by atoms with Crippen LogP contribution < -0.4 is 5.32 Å². The summed E-state index contributed by atoms with van der Waals surface area (Å²) in [6, 6.07) is 17.5. The average molecular weight is 334 g/mol. The van der Waals surface area contributed by atoms with Gasteiger partial charge in [-0.1, -0.05) is 18.2 Å². The molecule has 0 bridgehead atoms. The van der Waals surface area contributed by atoms with Crippen LogP contribution in [0.2, 0.25) is 0 Å². The van der Waals surface area contributed by atoms with E-state index < -0.39 is 0 Å². The number of carbonyl (C=O) groups is 1. The lowest BCUT2D eigenvalue weighted by molar-refractivity contribution is 0.0628. The van der Waals surface area contributed by atoms with E-state index in [0.29, 0.717) is 13.1 Å². The highest BCUT2D eigenvalue weighted by molar-refractivity contribution is 5.94. The zero-order chi connectivity index (χ0) is 17.6. The van der Waals surface area contributed by atoms with Gasteiger partial charge in [-0.05, 0) is 35.9 Å². The predicted octanol–water partition coefficient (Wildman–Crippen LogP) is 2.56. The van der Waals surface area contributed by atoms with Gasteiger partial charge in [0.25, 0.3) is 5.91 Å². The van der Waals surface area contributed by atoms with Crippen molar-refractivity contribution in [2.24, 2.45) is 0 Å². The number of hydrogen-bond acceptors (Lipinski definition) is 4. The quantitative estimate of drug-likeness (QED) is 0.933. The van der Waals surface area contributed by atoms with E-state index >= 15 is 0 Å². The average Bonchev–Trinajstić information content (AvgIpc) is 2.68. The minimum absolute atomic E-state index is 0.0831. The molecule has 0 atom stereocenters. The molecule has 128 valence electrons. The van der Waals surface area contributed by atoms with E-state index in [1.165, 1.54) is 0 Å². The topological polar surface area (TPSA) is 59.4 Å². The molecular weight excluding hydrogens is 312 g/mol. The number of benzene rings is 2. The number of nitrogens with zero attached hydrogens (tertiary/aromatic N) is 3. The molecule has 1 aliphatic rings. The SMILES string of the molecule is CNc1ccc(C(=O)N2CCN(Cc3ccccc3C#N)CC2)cc1. The summed E-state index contributed by atoms with van der Waals surface area (Å²) in [5, 5.41) is 12.3. The lowest BCUT2D eigenvalue weighted by Crippen LogP contribution is -2.48. The lowest BCUT2D eigenvalue weighted by atomic mass is 10.1. The first-order valence-corrected chi connectivity index (χ1v) is 8.48. The summed E-state index contributed by atoms with van der Waals surface area (Å²) in [4.78, 5) is 16.8. The van der Waals surface area contributed by atoms with Crippen molar-refractivity contribution in [3.05, 3.63) is 65.2 Å². The van der Waals surface area contributed by atoms with Gasteiger partial charge in [0, 0.05) is 51.0 Å². The minimum Gasteiger partial charge on any atom is -0.388 e. The number of carbonyl (C=O) groups excluding carboxylic acids is 1. The lowest BCUT2D eigenvalue weighted by Gasteiger charge is -2.35. The molecule has 1 aliphatic heterocycles. The standard InChI is InChI=1S/C20H22N4O/c1-22-19-8-6-16(7-9-19)20(25)24-12-10-23(11-13-24)15-18-5-3-2-4-17(18)14-21/h2-9,22H,10-13,15H2,1H3. The maximum absolute atomic E-state index is 12.6. The van der Waals surface area contributed by atoms with Gasteiger partial charge >= 0.3 is 0 Å². The molecule has 0 unspecified atom stereocenters. The summed E-state index contributed by atoms with van der Waals surface area (Å²) < 4.78 is 0. The van der Waals surface area contributed by atoms with Crippen LogP contribution in [0, 0.1) is 11.3 Å². The molecule has 1 saturated heterocycles. The van der Waals surface area contributed by atoms with Crippen LogP contribution in [0.15, 0.2) is 48.5 Å². The third kappa shape index (κ3) is 3.98. The largest absolute Gasteiger partial charge is 0.388 e. The Morgan fingerprint density at radius 3 is 2.40 bits per heavy atom. The smallest absolute Gasteiger partial charge is 0.253 e. The molecule has 0 radical (unpaired) electrons. The third-order valence-corrected chi connectivity index (χ3v) is 4.61. The fraction of sp³-hybridized carbons (Fsp3) is 0.300. The molecule has 0 aromatic heterocycles. The summed E-state index contributed by atoms with van der Waals surface area (Å²) in [6.07, 6.45) is 0. The predicted molar refractivity (Wildman–Crippen MR) is 98.3 cm³/mol. The number of anilines is 1. The van der Waals surface area contributed by atoms with E-state index in [4.69, 9.17) is 0 Å². The number of amides is 1. The highest BCUT2D eigenvalue weighted by atomic mass is 16.2. The molecule has 1 N–H and O–H groups in total. The monoisotopic (exact) mass is 334 g/mol. The summed E-state index contributed by atoms with van der Waals surface area (Å²) in [5.41, 5.74) is 3.50. The third-order valence-electron chi connectivity index (χ3n) is 4.61. The molecule has 5 heteroatoms. The molecule has 1 heterocycles. The van der Waals surface area contributed by atoms with Gasteiger partial charge in [0.2, 0.25) is 0 Å². The second kappa shape index (κ2) is 7.82. The molecule has 3 rings (SSSR count). The van der Waals surface area contributed by atoms with Gasteiger partial charge < -0.3 is 10.2 Å². The first-order chi connectivity index (χ1) is 12.2. The molecule has 5 nitrogen and oxygen atoms in total. The summed E-state index contributed by atoms with van der Waals surface area (Å²) in [7, 11) is 1.86. The van der Waals surface area contributed by atoms with Crippen LogP contribution in [0.1, 0.15) is 21.5 Å². The zero-order valence-electron chi connectivity index (χ0n) is 14.4. The van der Waals surface area contributed by atoms with Crippen molar-refractivity contribution in [1.29, 1.82) is 5.26 Å². The molecule has 2 aromatic carbocycles. The molecule has 0 aliphatic carbocycles. The van der Waals surface area contributed by atoms with Crippen molar-refractivity contribution < 1.29 is 4.79 Å². The van der Waals surface area contributed by atoms with Crippen LogP contribution >= 0.6 is 0 Å². The second-order valence-electron chi connectivity index (χ2n) is 6.16. The minimum atomic E-state index is 0.0831. The van der Waals surface area contributed by atoms with Gasteiger partial charge in [-0.2, -0.15) is 5.26 Å². The van der Waals surface area contributed by atoms with Crippen LogP contribution in [0.4, 0.5) is 5.69 Å². The van der Waals surface area contributed by atoms with Gasteiger partial charge in [0.15, 0.2) is 0 Å². The van der Waals surface area contributed by atoms with Gasteiger partial charge in [-0.25, -0.2) is 0 Å². The Balaban J connectivity index is 1.58. The number of hydrogen-bond donors (Lipinski definition) is 1. The molecule has 0 spiro atoms. The van der Waals surface area contributed by atoms with Crippen molar-refractivity contribution in [2.75, 3.05) is 38.5 Å². The van der Waals surface area contributed by atoms with Crippen LogP contribution in [0.5, 0.6) is 0 Å². The maximum Gasteiger partial charge on any atom is 0.253 e. The van der Waals surface area contributed by atoms with Crippen LogP contribution in [-0.4, -0.2) is 48.9 Å². The van der Waals surface area contributed by atoms with Crippen molar-refractivity contribution >= 4 is 11.6 Å². The summed E-state index contributed by atoms with van der Waals surface area (Å²) in [6.45, 7) is 3.81. The first-order valence-electron chi connectivity index (χ1n) is 8.48. The number of rotatable bonds is 4. The molecule has 1 fully saturated rings. The van der Waals surface area contributed by atoms with Gasteiger partial charge in [0.05, 0.1) is 11.6 Å². The van der Waals surface area contributed by atoms with E-state index in [2.05, 4.69) is 16.3 Å². The Bertz CT molecular complexity index is 771. The van der Waals surface area contributed by atoms with Crippen LogP contribution in [0.25, 0.3) is 0 Å². The molecular formula is C20H22N4O. The van der Waals surface area contributed by atoms with E-state index in [-0.39, 0.29) is 5.91 Å². The van der Waals surface area contributed by atoms with E-state index in [1.54, 1.807) is 0 Å². The Labute approximate surface area is 148 Å². The van der Waals surface area contributed by atoms with Gasteiger partial charge in [-0.3, -0.25) is 9.69 Å². The molecule has 1 amide bonds. The number of nitriles is 1. The van der Waals surface area contributed by atoms with Crippen molar-refractivity contribution in [2.45, 2.75) is 6.54 Å². The Kier molecular flexibility index (Phi) is 5.32. The fourth-order valence-corrected chi connectivity index (χ4v) is 3.08. The highest BCUT2D eigenvalue weighted by Gasteiger charge is 2.22. The van der Waals surface area contributed by atoms with Crippen molar-refractivity contribution in [1.82, 2.24) is 9.80 Å². The fourth-order valence-electron chi connectivity index (χ4n) is 3.08. The summed E-state index contributed by atoms with van der Waals surface area (Å²) >= 11 is 0. The van der Waals surface area contributed by atoms with Crippen molar-refractivity contribution in [3.8, 4) is 6.07 Å². The van der Waals surface area contributed by atoms with E-state index in [1.807, 2.05) is 60.5 Å². The Hall–Kier alpha value is -2.84. The molecule has 2 aromatic rings. The zero-order valence-corrected chi connectivity index (χ0v) is 14.4. The Morgan fingerprint density at radius 2 is 1.76 bits per heavy atom. The van der Waals surface area contributed by atoms with Gasteiger partial charge in [0.1, 0.15) is 0 Å². The van der Waals surface area contributed by atoms with E-state index in [9.17, 15) is 10.1 Å². The van der Waals surface area contributed by atoms with Crippen LogP contribution in [0.3, 0.4) is 0 Å². The maximum atomic E-state index is 12.6. The number of piperazine rings is 1. The normalized spacial score (nSPS) is 14.8. The molecule has 25 heavy (non-hydrogen) atoms. The van der Waals surface area contributed by atoms with Crippen molar-refractivity contribution in [3.63, 3.8) is 0 Å². The number of nitrogens with one attached hydrogen (secondary N) is 1. The summed E-state index contributed by atoms with van der Waals surface area (Å²) in [5.74, 6) is 0.0831.